The van der Waals surface area contributed by atoms with E-state index in [0.29, 0.717) is 5.92 Å². The molecule has 0 fully saturated rings. The van der Waals surface area contributed by atoms with E-state index in [0.717, 1.165) is 22.8 Å². The normalized spacial score (nSPS) is 12.9. The predicted molar refractivity (Wildman–Crippen MR) is 81.0 cm³/mol. The van der Waals surface area contributed by atoms with E-state index in [9.17, 15) is 0 Å². The maximum atomic E-state index is 6.10. The first kappa shape index (κ1) is 14.4. The number of hydrogen-bond acceptors (Lipinski definition) is 4. The van der Waals surface area contributed by atoms with Crippen molar-refractivity contribution in [1.29, 1.82) is 0 Å². The van der Waals surface area contributed by atoms with Crippen LogP contribution in [-0.2, 0) is 0 Å². The number of hydrogen-bond donors (Lipinski definition) is 1. The number of nitrogens with zero attached hydrogens (tertiary/aromatic N) is 2. The summed E-state index contributed by atoms with van der Waals surface area (Å²) in [5, 5.41) is 8.51. The van der Waals surface area contributed by atoms with E-state index >= 15 is 0 Å². The van der Waals surface area contributed by atoms with Crippen LogP contribution in [0.15, 0.2) is 24.3 Å². The molecule has 0 saturated heterocycles. The molecule has 0 aliphatic heterocycles. The highest BCUT2D eigenvalue weighted by Crippen LogP contribution is 2.31. The lowest BCUT2D eigenvalue weighted by molar-refractivity contribution is 0.626. The fourth-order valence-corrected chi connectivity index (χ4v) is 3.17. The molecule has 0 aliphatic rings. The molecule has 0 amide bonds. The fourth-order valence-electron chi connectivity index (χ4n) is 2.06. The smallest absolute Gasteiger partial charge is 0.0832 e. The van der Waals surface area contributed by atoms with Gasteiger partial charge < -0.3 is 5.32 Å². The van der Waals surface area contributed by atoms with Gasteiger partial charge in [0, 0.05) is 5.02 Å². The van der Waals surface area contributed by atoms with Crippen LogP contribution in [0.3, 0.4) is 0 Å². The van der Waals surface area contributed by atoms with Gasteiger partial charge in [-0.3, -0.25) is 0 Å². The lowest BCUT2D eigenvalue weighted by atomic mass is 10.00. The molecule has 19 heavy (non-hydrogen) atoms. The molecule has 2 aromatic rings. The molecule has 0 saturated carbocycles. The Hall–Kier alpha value is -0.970. The van der Waals surface area contributed by atoms with Crippen molar-refractivity contribution < 1.29 is 0 Å². The van der Waals surface area contributed by atoms with Gasteiger partial charge in [-0.25, -0.2) is 0 Å². The van der Waals surface area contributed by atoms with Gasteiger partial charge in [0.25, 0.3) is 0 Å². The van der Waals surface area contributed by atoms with Gasteiger partial charge in [0.05, 0.1) is 16.6 Å². The summed E-state index contributed by atoms with van der Waals surface area (Å²) < 4.78 is 4.11. The van der Waals surface area contributed by atoms with Crippen molar-refractivity contribution >= 4 is 23.1 Å². The van der Waals surface area contributed by atoms with Crippen molar-refractivity contribution in [2.75, 3.05) is 6.54 Å². The average molecular weight is 296 g/mol. The summed E-state index contributed by atoms with van der Waals surface area (Å²) >= 11 is 7.56. The lowest BCUT2D eigenvalue weighted by Crippen LogP contribution is -2.22. The van der Waals surface area contributed by atoms with Crippen LogP contribution >= 0.6 is 23.1 Å². The second-order valence-electron chi connectivity index (χ2n) is 4.72. The molecule has 0 aliphatic carbocycles. The van der Waals surface area contributed by atoms with Crippen LogP contribution in [0.1, 0.15) is 48.9 Å². The van der Waals surface area contributed by atoms with E-state index in [2.05, 4.69) is 41.7 Å². The highest BCUT2D eigenvalue weighted by molar-refractivity contribution is 7.05. The number of rotatable bonds is 5. The summed E-state index contributed by atoms with van der Waals surface area (Å²) in [5.74, 6) is 0.370. The van der Waals surface area contributed by atoms with Crippen LogP contribution in [0.2, 0.25) is 5.02 Å². The Morgan fingerprint density at radius 3 is 2.79 bits per heavy atom. The molecule has 102 valence electrons. The Bertz CT molecular complexity index is 539. The van der Waals surface area contributed by atoms with Crippen molar-refractivity contribution in [3.63, 3.8) is 0 Å². The summed E-state index contributed by atoms with van der Waals surface area (Å²) in [6.07, 6.45) is 0. The van der Waals surface area contributed by atoms with E-state index in [1.165, 1.54) is 16.4 Å². The van der Waals surface area contributed by atoms with E-state index < -0.39 is 0 Å². The molecule has 1 atom stereocenters. The van der Waals surface area contributed by atoms with E-state index in [-0.39, 0.29) is 6.04 Å². The van der Waals surface area contributed by atoms with Gasteiger partial charge in [0.1, 0.15) is 0 Å². The second-order valence-corrected chi connectivity index (χ2v) is 5.94. The van der Waals surface area contributed by atoms with E-state index in [4.69, 9.17) is 11.6 Å². The summed E-state index contributed by atoms with van der Waals surface area (Å²) in [7, 11) is 0. The third kappa shape index (κ3) is 3.32. The molecule has 0 spiro atoms. The maximum Gasteiger partial charge on any atom is 0.0832 e. The molecule has 5 heteroatoms. The third-order valence-corrected chi connectivity index (χ3v) is 3.98. The molecular weight excluding hydrogens is 278 g/mol. The SMILES string of the molecule is CCNC(c1cccc(Cl)c1)c1snnc1C(C)C. The van der Waals surface area contributed by atoms with Gasteiger partial charge >= 0.3 is 0 Å². The van der Waals surface area contributed by atoms with Gasteiger partial charge in [-0.1, -0.05) is 49.0 Å². The second kappa shape index (κ2) is 6.46. The third-order valence-electron chi connectivity index (χ3n) is 2.94. The van der Waals surface area contributed by atoms with Gasteiger partial charge in [-0.15, -0.1) is 5.10 Å². The zero-order valence-corrected chi connectivity index (χ0v) is 12.9. The number of halogens is 1. The first-order chi connectivity index (χ1) is 9.13. The zero-order valence-electron chi connectivity index (χ0n) is 11.4. The summed E-state index contributed by atoms with van der Waals surface area (Å²) in [4.78, 5) is 1.18. The number of nitrogens with one attached hydrogen (secondary N) is 1. The van der Waals surface area contributed by atoms with Gasteiger partial charge in [0.2, 0.25) is 0 Å². The minimum absolute atomic E-state index is 0.112. The van der Waals surface area contributed by atoms with Gasteiger partial charge in [0.15, 0.2) is 0 Å². The Morgan fingerprint density at radius 2 is 2.16 bits per heavy atom. The Kier molecular flexibility index (Phi) is 4.91. The van der Waals surface area contributed by atoms with Gasteiger partial charge in [-0.2, -0.15) is 0 Å². The largest absolute Gasteiger partial charge is 0.306 e. The molecular formula is C14H18ClN3S. The Balaban J connectivity index is 2.42. The summed E-state index contributed by atoms with van der Waals surface area (Å²) in [6.45, 7) is 7.26. The van der Waals surface area contributed by atoms with Crippen LogP contribution < -0.4 is 5.32 Å². The first-order valence-corrected chi connectivity index (χ1v) is 7.59. The van der Waals surface area contributed by atoms with Crippen LogP contribution in [0.5, 0.6) is 0 Å². The van der Waals surface area contributed by atoms with Crippen molar-refractivity contribution in [2.24, 2.45) is 0 Å². The zero-order chi connectivity index (χ0) is 13.8. The first-order valence-electron chi connectivity index (χ1n) is 6.44. The molecule has 3 nitrogen and oxygen atoms in total. The summed E-state index contributed by atoms with van der Waals surface area (Å²) in [6, 6.07) is 8.07. The Morgan fingerprint density at radius 1 is 1.37 bits per heavy atom. The van der Waals surface area contributed by atoms with Crippen molar-refractivity contribution in [3.8, 4) is 0 Å². The van der Waals surface area contributed by atoms with E-state index in [1.807, 2.05) is 18.2 Å². The molecule has 1 aromatic carbocycles. The van der Waals surface area contributed by atoms with Crippen LogP contribution in [0.25, 0.3) is 0 Å². The highest BCUT2D eigenvalue weighted by atomic mass is 35.5. The highest BCUT2D eigenvalue weighted by Gasteiger charge is 2.22. The maximum absolute atomic E-state index is 6.10. The minimum Gasteiger partial charge on any atom is -0.306 e. The van der Waals surface area contributed by atoms with Crippen molar-refractivity contribution in [3.05, 3.63) is 45.4 Å². The van der Waals surface area contributed by atoms with Crippen molar-refractivity contribution in [1.82, 2.24) is 14.9 Å². The molecule has 1 unspecified atom stereocenters. The fraction of sp³-hybridized carbons (Fsp3) is 0.429. The van der Waals surface area contributed by atoms with Gasteiger partial charge in [-0.05, 0) is 41.7 Å². The van der Waals surface area contributed by atoms with Crippen LogP contribution in [0.4, 0.5) is 0 Å². The minimum atomic E-state index is 0.112. The monoisotopic (exact) mass is 295 g/mol. The average Bonchev–Trinajstić information content (AvgIpc) is 2.85. The van der Waals surface area contributed by atoms with Crippen LogP contribution in [0, 0.1) is 0 Å². The molecule has 0 radical (unpaired) electrons. The molecule has 2 rings (SSSR count). The molecule has 1 aromatic heterocycles. The number of benzene rings is 1. The number of aromatic nitrogens is 2. The summed E-state index contributed by atoms with van der Waals surface area (Å²) in [5.41, 5.74) is 2.22. The quantitative estimate of drug-likeness (QED) is 0.905. The predicted octanol–water partition coefficient (Wildman–Crippen LogP) is 4.01. The topological polar surface area (TPSA) is 37.8 Å². The molecule has 0 bridgehead atoms. The van der Waals surface area contributed by atoms with Crippen LogP contribution in [-0.4, -0.2) is 16.1 Å². The molecule has 1 N–H and O–H groups in total. The lowest BCUT2D eigenvalue weighted by Gasteiger charge is -2.18. The molecule has 1 heterocycles. The standard InChI is InChI=1S/C14H18ClN3S/c1-4-16-13(10-6-5-7-11(15)8-10)14-12(9(2)3)17-18-19-14/h5-9,13,16H,4H2,1-3H3. The van der Waals surface area contributed by atoms with Crippen molar-refractivity contribution in [2.45, 2.75) is 32.7 Å². The Labute approximate surface area is 123 Å². The van der Waals surface area contributed by atoms with E-state index in [1.54, 1.807) is 0 Å².